The Morgan fingerprint density at radius 2 is 1.77 bits per heavy atom. The van der Waals surface area contributed by atoms with Crippen LogP contribution in [0, 0.1) is 0 Å². The Labute approximate surface area is 250 Å². The number of nitrogens with one attached hydrogen (secondary N) is 2. The standard InChI is InChI=1S/C32H32N4O6S/c37-28-12-11-27(30(38)33-28)36-19-25-24(31(36)39)9-10-26-29(25)42-20-32(26)13-15-35(16-14-32)18-21-5-4-6-22(17-21)34-43(40,41)23-7-2-1-3-8-23/h1-10,17,27,34H,11-16,18-20H2,(H,33,37,38). The zero-order chi connectivity index (χ0) is 29.8. The van der Waals surface area contributed by atoms with Gasteiger partial charge in [-0.05, 0) is 68.2 Å². The van der Waals surface area contributed by atoms with Crippen molar-refractivity contribution in [2.75, 3.05) is 24.4 Å². The number of nitrogens with zero attached hydrogens (tertiary/aromatic N) is 2. The number of anilines is 1. The number of piperidine rings is 2. The number of sulfonamides is 1. The molecule has 0 bridgehead atoms. The van der Waals surface area contributed by atoms with Gasteiger partial charge in [0.2, 0.25) is 11.8 Å². The number of benzene rings is 3. The molecule has 10 nitrogen and oxygen atoms in total. The van der Waals surface area contributed by atoms with Crippen LogP contribution in [0.3, 0.4) is 0 Å². The van der Waals surface area contributed by atoms with Crippen LogP contribution in [-0.2, 0) is 38.1 Å². The molecule has 2 N–H and O–H groups in total. The van der Waals surface area contributed by atoms with E-state index in [1.165, 1.54) is 0 Å². The third-order valence-corrected chi connectivity index (χ3v) is 10.6. The summed E-state index contributed by atoms with van der Waals surface area (Å²) < 4.78 is 34.5. The maximum Gasteiger partial charge on any atom is 0.261 e. The minimum absolute atomic E-state index is 0.140. The van der Waals surface area contributed by atoms with Gasteiger partial charge in [-0.25, -0.2) is 8.42 Å². The first-order chi connectivity index (χ1) is 20.7. The monoisotopic (exact) mass is 600 g/mol. The van der Waals surface area contributed by atoms with Crippen molar-refractivity contribution in [2.45, 2.75) is 55.1 Å². The van der Waals surface area contributed by atoms with Crippen LogP contribution < -0.4 is 14.8 Å². The first-order valence-corrected chi connectivity index (χ1v) is 16.0. The molecule has 0 radical (unpaired) electrons. The highest BCUT2D eigenvalue weighted by molar-refractivity contribution is 7.92. The summed E-state index contributed by atoms with van der Waals surface area (Å²) in [5.74, 6) is -0.145. The Hall–Kier alpha value is -4.22. The predicted octanol–water partition coefficient (Wildman–Crippen LogP) is 3.17. The zero-order valence-electron chi connectivity index (χ0n) is 23.5. The molecule has 43 heavy (non-hydrogen) atoms. The van der Waals surface area contributed by atoms with Crippen LogP contribution in [0.1, 0.15) is 52.7 Å². The third kappa shape index (κ3) is 4.96. The topological polar surface area (TPSA) is 125 Å². The van der Waals surface area contributed by atoms with Crippen LogP contribution in [0.25, 0.3) is 0 Å². The molecule has 222 valence electrons. The maximum atomic E-state index is 13.2. The number of hydrogen-bond acceptors (Lipinski definition) is 7. The average molecular weight is 601 g/mol. The van der Waals surface area contributed by atoms with Gasteiger partial charge >= 0.3 is 0 Å². The number of fused-ring (bicyclic) bond motifs is 4. The second kappa shape index (κ2) is 10.5. The van der Waals surface area contributed by atoms with Gasteiger partial charge in [-0.2, -0.15) is 0 Å². The van der Waals surface area contributed by atoms with Gasteiger partial charge in [0.25, 0.3) is 15.9 Å². The van der Waals surface area contributed by atoms with Crippen molar-refractivity contribution in [1.29, 1.82) is 0 Å². The number of carbonyl (C=O) groups is 3. The second-order valence-corrected chi connectivity index (χ2v) is 13.5. The molecular formula is C32H32N4O6S. The molecule has 3 amide bonds. The fraction of sp³-hybridized carbons (Fsp3) is 0.344. The SMILES string of the molecule is O=C1CCC(N2Cc3c(ccc4c3OCC43CCN(Cc4cccc(NS(=O)(=O)c5ccccc5)c4)CC3)C2=O)C(=O)N1. The molecule has 7 rings (SSSR count). The summed E-state index contributed by atoms with van der Waals surface area (Å²) >= 11 is 0. The van der Waals surface area contributed by atoms with Crippen molar-refractivity contribution in [3.8, 4) is 5.75 Å². The quantitative estimate of drug-likeness (QED) is 0.417. The van der Waals surface area contributed by atoms with Crippen molar-refractivity contribution < 1.29 is 27.5 Å². The molecule has 4 aliphatic heterocycles. The van der Waals surface area contributed by atoms with E-state index in [1.807, 2.05) is 30.3 Å². The first-order valence-electron chi connectivity index (χ1n) is 14.6. The predicted molar refractivity (Wildman–Crippen MR) is 158 cm³/mol. The van der Waals surface area contributed by atoms with Crippen molar-refractivity contribution in [2.24, 2.45) is 0 Å². The second-order valence-electron chi connectivity index (χ2n) is 11.8. The smallest absolute Gasteiger partial charge is 0.261 e. The lowest BCUT2D eigenvalue weighted by atomic mass is 9.74. The number of amides is 3. The molecular weight excluding hydrogens is 568 g/mol. The lowest BCUT2D eigenvalue weighted by Gasteiger charge is -2.38. The lowest BCUT2D eigenvalue weighted by molar-refractivity contribution is -0.136. The summed E-state index contributed by atoms with van der Waals surface area (Å²) in [7, 11) is -3.66. The highest BCUT2D eigenvalue weighted by Gasteiger charge is 2.47. The van der Waals surface area contributed by atoms with Crippen LogP contribution in [-0.4, -0.2) is 61.7 Å². The van der Waals surface area contributed by atoms with Gasteiger partial charge in [0.05, 0.1) is 18.0 Å². The summed E-state index contributed by atoms with van der Waals surface area (Å²) in [6, 6.07) is 19.1. The molecule has 2 saturated heterocycles. The molecule has 2 fully saturated rings. The van der Waals surface area contributed by atoms with Gasteiger partial charge in [0.15, 0.2) is 0 Å². The average Bonchev–Trinajstić information content (AvgIpc) is 3.52. The number of ether oxygens (including phenoxy) is 1. The van der Waals surface area contributed by atoms with E-state index in [-0.39, 0.29) is 28.5 Å². The Morgan fingerprint density at radius 1 is 0.977 bits per heavy atom. The van der Waals surface area contributed by atoms with Gasteiger partial charge in [-0.3, -0.25) is 29.3 Å². The maximum absolute atomic E-state index is 13.2. The van der Waals surface area contributed by atoms with Gasteiger partial charge in [0.1, 0.15) is 11.8 Å². The van der Waals surface area contributed by atoms with Gasteiger partial charge in [0, 0.05) is 40.8 Å². The normalized spacial score (nSPS) is 21.3. The van der Waals surface area contributed by atoms with Crippen LogP contribution >= 0.6 is 0 Å². The van der Waals surface area contributed by atoms with Crippen molar-refractivity contribution >= 4 is 33.4 Å². The molecule has 0 aromatic heterocycles. The fourth-order valence-electron chi connectivity index (χ4n) is 6.84. The molecule has 1 atom stereocenters. The summed E-state index contributed by atoms with van der Waals surface area (Å²) in [6.45, 7) is 3.25. The van der Waals surface area contributed by atoms with Crippen molar-refractivity contribution in [3.05, 3.63) is 89.0 Å². The number of likely N-dealkylation sites (tertiary alicyclic amines) is 1. The van der Waals surface area contributed by atoms with E-state index in [0.717, 1.165) is 48.4 Å². The fourth-order valence-corrected chi connectivity index (χ4v) is 7.91. The van der Waals surface area contributed by atoms with Gasteiger partial charge < -0.3 is 9.64 Å². The first kappa shape index (κ1) is 27.6. The summed E-state index contributed by atoms with van der Waals surface area (Å²) in [4.78, 5) is 41.5. The Morgan fingerprint density at radius 3 is 2.53 bits per heavy atom. The van der Waals surface area contributed by atoms with Gasteiger partial charge in [-0.15, -0.1) is 0 Å². The van der Waals surface area contributed by atoms with E-state index in [1.54, 1.807) is 41.3 Å². The van der Waals surface area contributed by atoms with Crippen LogP contribution in [0.2, 0.25) is 0 Å². The zero-order valence-corrected chi connectivity index (χ0v) is 24.4. The highest BCUT2D eigenvalue weighted by Crippen LogP contribution is 2.49. The van der Waals surface area contributed by atoms with E-state index in [2.05, 4.69) is 14.9 Å². The molecule has 3 aromatic carbocycles. The molecule has 11 heteroatoms. The Bertz CT molecular complexity index is 1730. The molecule has 3 aromatic rings. The number of rotatable bonds is 6. The Balaban J connectivity index is 1.02. The van der Waals surface area contributed by atoms with Crippen LogP contribution in [0.5, 0.6) is 5.75 Å². The minimum Gasteiger partial charge on any atom is -0.492 e. The molecule has 0 aliphatic carbocycles. The molecule has 4 aliphatic rings. The molecule has 4 heterocycles. The third-order valence-electron chi connectivity index (χ3n) is 9.18. The van der Waals surface area contributed by atoms with Crippen LogP contribution in [0.4, 0.5) is 5.69 Å². The van der Waals surface area contributed by atoms with Crippen molar-refractivity contribution in [3.63, 3.8) is 0 Å². The van der Waals surface area contributed by atoms with Crippen LogP contribution in [0.15, 0.2) is 71.6 Å². The van der Waals surface area contributed by atoms with E-state index >= 15 is 0 Å². The molecule has 1 unspecified atom stereocenters. The van der Waals surface area contributed by atoms with E-state index in [0.29, 0.717) is 37.4 Å². The van der Waals surface area contributed by atoms with Crippen molar-refractivity contribution in [1.82, 2.24) is 15.1 Å². The Kier molecular flexibility index (Phi) is 6.74. The number of imide groups is 1. The lowest BCUT2D eigenvalue weighted by Crippen LogP contribution is -2.52. The summed E-state index contributed by atoms with van der Waals surface area (Å²) in [6.07, 6.45) is 2.33. The van der Waals surface area contributed by atoms with E-state index < -0.39 is 22.0 Å². The van der Waals surface area contributed by atoms with Gasteiger partial charge in [-0.1, -0.05) is 36.4 Å². The van der Waals surface area contributed by atoms with E-state index in [9.17, 15) is 22.8 Å². The minimum atomic E-state index is -3.66. The summed E-state index contributed by atoms with van der Waals surface area (Å²) in [5, 5.41) is 2.36. The largest absolute Gasteiger partial charge is 0.492 e. The summed E-state index contributed by atoms with van der Waals surface area (Å²) in [5.41, 5.74) is 3.95. The number of carbonyl (C=O) groups excluding carboxylic acids is 3. The van der Waals surface area contributed by atoms with E-state index in [4.69, 9.17) is 4.74 Å². The molecule has 0 saturated carbocycles. The highest BCUT2D eigenvalue weighted by atomic mass is 32.2. The number of hydrogen-bond donors (Lipinski definition) is 2. The molecule has 1 spiro atoms.